The zero-order valence-corrected chi connectivity index (χ0v) is 15.7. The molecule has 0 aromatic heterocycles. The Bertz CT molecular complexity index is 925. The standard InChI is InChI=1S/C24H23NO3/c1-28-20-14-12-18(13-15-20)23-21(16-22(26)17-8-4-2-5-9-17)24(27)25(23)19-10-6-3-7-11-19/h2-15,21-23,26H,16H2,1H3/t21-,22-,23-/m1/s1. The first-order chi connectivity index (χ1) is 13.7. The van der Waals surface area contributed by atoms with Crippen LogP contribution in [0.3, 0.4) is 0 Å². The number of benzene rings is 3. The molecule has 1 heterocycles. The van der Waals surface area contributed by atoms with E-state index < -0.39 is 6.10 Å². The number of amides is 1. The highest BCUT2D eigenvalue weighted by molar-refractivity contribution is 6.03. The van der Waals surface area contributed by atoms with Gasteiger partial charge in [-0.2, -0.15) is 0 Å². The molecule has 3 aromatic rings. The second-order valence-corrected chi connectivity index (χ2v) is 7.03. The third-order valence-corrected chi connectivity index (χ3v) is 5.37. The predicted octanol–water partition coefficient (Wildman–Crippen LogP) is 4.52. The summed E-state index contributed by atoms with van der Waals surface area (Å²) in [6.45, 7) is 0. The maximum atomic E-state index is 13.0. The molecule has 28 heavy (non-hydrogen) atoms. The molecule has 0 saturated carbocycles. The van der Waals surface area contributed by atoms with E-state index in [0.717, 1.165) is 22.6 Å². The van der Waals surface area contributed by atoms with Crippen LogP contribution in [0.2, 0.25) is 0 Å². The molecule has 1 N–H and O–H groups in total. The van der Waals surface area contributed by atoms with Crippen molar-refractivity contribution in [1.82, 2.24) is 0 Å². The van der Waals surface area contributed by atoms with Crippen LogP contribution in [0, 0.1) is 5.92 Å². The van der Waals surface area contributed by atoms with Gasteiger partial charge in [0.05, 0.1) is 25.2 Å². The number of rotatable bonds is 6. The normalized spacial score (nSPS) is 19.8. The molecule has 4 nitrogen and oxygen atoms in total. The van der Waals surface area contributed by atoms with Gasteiger partial charge in [0.2, 0.25) is 5.91 Å². The Kier molecular flexibility index (Phi) is 5.13. The highest BCUT2D eigenvalue weighted by Crippen LogP contribution is 2.47. The van der Waals surface area contributed by atoms with Crippen molar-refractivity contribution in [2.24, 2.45) is 5.92 Å². The number of ether oxygens (including phenoxy) is 1. The van der Waals surface area contributed by atoms with Crippen molar-refractivity contribution in [1.29, 1.82) is 0 Å². The van der Waals surface area contributed by atoms with Gasteiger partial charge in [-0.15, -0.1) is 0 Å². The van der Waals surface area contributed by atoms with Crippen molar-refractivity contribution in [3.63, 3.8) is 0 Å². The maximum Gasteiger partial charge on any atom is 0.233 e. The average Bonchev–Trinajstić information content (AvgIpc) is 2.76. The topological polar surface area (TPSA) is 49.8 Å². The average molecular weight is 373 g/mol. The molecule has 142 valence electrons. The number of aliphatic hydroxyl groups is 1. The third-order valence-electron chi connectivity index (χ3n) is 5.37. The van der Waals surface area contributed by atoms with Crippen LogP contribution in [-0.4, -0.2) is 18.1 Å². The van der Waals surface area contributed by atoms with E-state index in [1.165, 1.54) is 0 Å². The summed E-state index contributed by atoms with van der Waals surface area (Å²) in [7, 11) is 1.64. The molecule has 1 aliphatic heterocycles. The summed E-state index contributed by atoms with van der Waals surface area (Å²) in [6.07, 6.45) is -0.281. The first-order valence-corrected chi connectivity index (χ1v) is 9.44. The first kappa shape index (κ1) is 18.3. The van der Waals surface area contributed by atoms with Crippen LogP contribution >= 0.6 is 0 Å². The van der Waals surface area contributed by atoms with Gasteiger partial charge in [0.1, 0.15) is 5.75 Å². The minimum absolute atomic E-state index is 0.0435. The maximum absolute atomic E-state index is 13.0. The lowest BCUT2D eigenvalue weighted by molar-refractivity contribution is -0.132. The van der Waals surface area contributed by atoms with Gasteiger partial charge in [-0.25, -0.2) is 0 Å². The van der Waals surface area contributed by atoms with Gasteiger partial charge in [0, 0.05) is 5.69 Å². The zero-order valence-electron chi connectivity index (χ0n) is 15.7. The molecule has 0 radical (unpaired) electrons. The molecule has 0 aliphatic carbocycles. The number of hydrogen-bond donors (Lipinski definition) is 1. The van der Waals surface area contributed by atoms with E-state index in [1.807, 2.05) is 89.8 Å². The Balaban J connectivity index is 1.63. The van der Waals surface area contributed by atoms with Crippen molar-refractivity contribution < 1.29 is 14.6 Å². The molecule has 0 unspecified atom stereocenters. The lowest BCUT2D eigenvalue weighted by atomic mass is 9.77. The number of carbonyl (C=O) groups is 1. The van der Waals surface area contributed by atoms with Crippen LogP contribution < -0.4 is 9.64 Å². The van der Waals surface area contributed by atoms with Crippen molar-refractivity contribution >= 4 is 11.6 Å². The van der Waals surface area contributed by atoms with E-state index in [4.69, 9.17) is 4.74 Å². The number of para-hydroxylation sites is 1. The largest absolute Gasteiger partial charge is 0.497 e. The van der Waals surface area contributed by atoms with Crippen LogP contribution in [0.25, 0.3) is 0 Å². The van der Waals surface area contributed by atoms with E-state index in [2.05, 4.69) is 0 Å². The van der Waals surface area contributed by atoms with Gasteiger partial charge < -0.3 is 14.7 Å². The molecule has 1 fully saturated rings. The van der Waals surface area contributed by atoms with Crippen LogP contribution in [-0.2, 0) is 4.79 Å². The van der Waals surface area contributed by atoms with Gasteiger partial charge in [-0.1, -0.05) is 60.7 Å². The molecule has 0 bridgehead atoms. The Morgan fingerprint density at radius 2 is 1.54 bits per heavy atom. The summed E-state index contributed by atoms with van der Waals surface area (Å²) in [4.78, 5) is 14.8. The highest BCUT2D eigenvalue weighted by atomic mass is 16.5. The monoisotopic (exact) mass is 373 g/mol. The number of β-lactam (4-membered cyclic amide) rings is 1. The van der Waals surface area contributed by atoms with E-state index in [9.17, 15) is 9.90 Å². The molecule has 1 saturated heterocycles. The minimum atomic E-state index is -0.672. The lowest BCUT2D eigenvalue weighted by Crippen LogP contribution is -2.55. The van der Waals surface area contributed by atoms with E-state index in [-0.39, 0.29) is 17.9 Å². The van der Waals surface area contributed by atoms with Crippen molar-refractivity contribution in [2.75, 3.05) is 12.0 Å². The molecular formula is C24H23NO3. The van der Waals surface area contributed by atoms with Gasteiger partial charge in [-0.3, -0.25) is 4.79 Å². The van der Waals surface area contributed by atoms with Gasteiger partial charge in [0.15, 0.2) is 0 Å². The molecule has 3 atom stereocenters. The fourth-order valence-corrected chi connectivity index (χ4v) is 3.89. The second kappa shape index (κ2) is 7.87. The molecule has 0 spiro atoms. The Labute approximate surface area is 165 Å². The van der Waals surface area contributed by atoms with Crippen molar-refractivity contribution in [2.45, 2.75) is 18.6 Å². The molecule has 4 heteroatoms. The zero-order chi connectivity index (χ0) is 19.5. The molecule has 3 aromatic carbocycles. The number of hydrogen-bond acceptors (Lipinski definition) is 3. The SMILES string of the molecule is COc1ccc([C@@H]2[C@@H](C[C@@H](O)c3ccccc3)C(=O)N2c2ccccc2)cc1. The summed E-state index contributed by atoms with van der Waals surface area (Å²) in [5.41, 5.74) is 2.75. The predicted molar refractivity (Wildman–Crippen MR) is 109 cm³/mol. The van der Waals surface area contributed by atoms with Crippen LogP contribution in [0.1, 0.15) is 29.7 Å². The summed E-state index contributed by atoms with van der Waals surface area (Å²) in [6, 6.07) is 26.9. The van der Waals surface area contributed by atoms with E-state index in [1.54, 1.807) is 7.11 Å². The smallest absolute Gasteiger partial charge is 0.233 e. The quantitative estimate of drug-likeness (QED) is 0.646. The molecule has 1 amide bonds. The Hall–Kier alpha value is -3.11. The number of nitrogens with zero attached hydrogens (tertiary/aromatic N) is 1. The second-order valence-electron chi connectivity index (χ2n) is 7.03. The summed E-state index contributed by atoms with van der Waals surface area (Å²) < 4.78 is 5.26. The molecular weight excluding hydrogens is 350 g/mol. The van der Waals surface area contributed by atoms with Gasteiger partial charge in [0.25, 0.3) is 0 Å². The number of carbonyl (C=O) groups excluding carboxylic acids is 1. The fourth-order valence-electron chi connectivity index (χ4n) is 3.89. The van der Waals surface area contributed by atoms with Crippen LogP contribution in [0.15, 0.2) is 84.9 Å². The van der Waals surface area contributed by atoms with Gasteiger partial charge >= 0.3 is 0 Å². The first-order valence-electron chi connectivity index (χ1n) is 9.44. The lowest BCUT2D eigenvalue weighted by Gasteiger charge is -2.48. The fraction of sp³-hybridized carbons (Fsp3) is 0.208. The summed E-state index contributed by atoms with van der Waals surface area (Å²) in [5, 5.41) is 10.7. The number of anilines is 1. The molecule has 4 rings (SSSR count). The van der Waals surface area contributed by atoms with Gasteiger partial charge in [-0.05, 0) is 41.8 Å². The molecule has 1 aliphatic rings. The summed E-state index contributed by atoms with van der Waals surface area (Å²) >= 11 is 0. The van der Waals surface area contributed by atoms with Crippen molar-refractivity contribution in [3.05, 3.63) is 96.1 Å². The third kappa shape index (κ3) is 3.39. The number of aliphatic hydroxyl groups excluding tert-OH is 1. The summed E-state index contributed by atoms with van der Waals surface area (Å²) in [5.74, 6) is 0.548. The van der Waals surface area contributed by atoms with E-state index >= 15 is 0 Å². The van der Waals surface area contributed by atoms with Crippen LogP contribution in [0.4, 0.5) is 5.69 Å². The van der Waals surface area contributed by atoms with Crippen LogP contribution in [0.5, 0.6) is 5.75 Å². The van der Waals surface area contributed by atoms with E-state index in [0.29, 0.717) is 6.42 Å². The Morgan fingerprint density at radius 3 is 2.14 bits per heavy atom. The Morgan fingerprint density at radius 1 is 0.929 bits per heavy atom. The minimum Gasteiger partial charge on any atom is -0.497 e. The van der Waals surface area contributed by atoms with Crippen molar-refractivity contribution in [3.8, 4) is 5.75 Å². The highest BCUT2D eigenvalue weighted by Gasteiger charge is 2.49. The number of methoxy groups -OCH3 is 1.